The van der Waals surface area contributed by atoms with Crippen molar-refractivity contribution in [1.29, 1.82) is 0 Å². The van der Waals surface area contributed by atoms with Gasteiger partial charge in [0.15, 0.2) is 0 Å². The van der Waals surface area contributed by atoms with Gasteiger partial charge in [-0.2, -0.15) is 0 Å². The van der Waals surface area contributed by atoms with Crippen molar-refractivity contribution in [2.45, 2.75) is 57.8 Å². The molecule has 0 aliphatic carbocycles. The second-order valence-electron chi connectivity index (χ2n) is 8.07. The number of hydrogen-bond acceptors (Lipinski definition) is 4. The van der Waals surface area contributed by atoms with E-state index in [1.807, 2.05) is 60.7 Å². The predicted molar refractivity (Wildman–Crippen MR) is 123 cm³/mol. The molecule has 32 heavy (non-hydrogen) atoms. The van der Waals surface area contributed by atoms with Crippen LogP contribution in [0.3, 0.4) is 0 Å². The number of aliphatic carboxylic acids is 2. The monoisotopic (exact) mass is 442 g/mol. The number of para-hydroxylation sites is 2. The van der Waals surface area contributed by atoms with E-state index in [1.165, 1.54) is 0 Å². The third-order valence-electron chi connectivity index (χ3n) is 5.68. The van der Waals surface area contributed by atoms with Gasteiger partial charge in [-0.15, -0.1) is 0 Å². The van der Waals surface area contributed by atoms with E-state index in [-0.39, 0.29) is 6.42 Å². The normalized spacial score (nSPS) is 11.1. The first kappa shape index (κ1) is 25.2. The highest BCUT2D eigenvalue weighted by Crippen LogP contribution is 2.34. The molecule has 6 nitrogen and oxygen atoms in total. The van der Waals surface area contributed by atoms with Gasteiger partial charge in [0.25, 0.3) is 0 Å². The van der Waals surface area contributed by atoms with Gasteiger partial charge < -0.3 is 19.7 Å². The number of carboxylic acids is 2. The van der Waals surface area contributed by atoms with E-state index in [1.54, 1.807) is 0 Å². The largest absolute Gasteiger partial charge is 0.494 e. The summed E-state index contributed by atoms with van der Waals surface area (Å²) in [5.41, 5.74) is -0.926. The molecule has 0 fully saturated rings. The molecule has 174 valence electrons. The van der Waals surface area contributed by atoms with Gasteiger partial charge >= 0.3 is 11.9 Å². The zero-order valence-corrected chi connectivity index (χ0v) is 18.6. The van der Waals surface area contributed by atoms with E-state index in [4.69, 9.17) is 14.6 Å². The third-order valence-corrected chi connectivity index (χ3v) is 5.68. The number of unbranched alkanes of at least 4 members (excludes halogenated alkanes) is 4. The molecule has 0 saturated heterocycles. The zero-order valence-electron chi connectivity index (χ0n) is 18.6. The van der Waals surface area contributed by atoms with Crippen LogP contribution in [0.4, 0.5) is 0 Å². The molecule has 0 aliphatic heterocycles. The SMILES string of the molecule is O=C(O)CCCCCCCC(CCOc1ccccc1)(CCOc1ccccc1)C(=O)O. The Morgan fingerprint density at radius 3 is 1.59 bits per heavy atom. The van der Waals surface area contributed by atoms with Crippen molar-refractivity contribution in [1.82, 2.24) is 0 Å². The lowest BCUT2D eigenvalue weighted by molar-refractivity contribution is -0.151. The van der Waals surface area contributed by atoms with Gasteiger partial charge in [0, 0.05) is 6.42 Å². The highest BCUT2D eigenvalue weighted by molar-refractivity contribution is 5.74. The number of carbonyl (C=O) groups is 2. The highest BCUT2D eigenvalue weighted by atomic mass is 16.5. The Balaban J connectivity index is 1.90. The van der Waals surface area contributed by atoms with Crippen molar-refractivity contribution in [3.8, 4) is 11.5 Å². The average Bonchev–Trinajstić information content (AvgIpc) is 2.79. The van der Waals surface area contributed by atoms with Crippen LogP contribution >= 0.6 is 0 Å². The van der Waals surface area contributed by atoms with Crippen LogP contribution in [-0.2, 0) is 9.59 Å². The first-order chi connectivity index (χ1) is 15.5. The Hall–Kier alpha value is -3.02. The number of rotatable bonds is 17. The summed E-state index contributed by atoms with van der Waals surface area (Å²) in [7, 11) is 0. The number of benzene rings is 2. The summed E-state index contributed by atoms with van der Waals surface area (Å²) in [6, 6.07) is 18.8. The van der Waals surface area contributed by atoms with E-state index in [0.717, 1.165) is 37.2 Å². The third kappa shape index (κ3) is 9.41. The maximum absolute atomic E-state index is 12.4. The van der Waals surface area contributed by atoms with Crippen LogP contribution in [0.15, 0.2) is 60.7 Å². The number of carboxylic acid groups (broad SMARTS) is 2. The summed E-state index contributed by atoms with van der Waals surface area (Å²) < 4.78 is 11.6. The Morgan fingerprint density at radius 2 is 1.12 bits per heavy atom. The molecule has 0 bridgehead atoms. The number of hydrogen-bond donors (Lipinski definition) is 2. The summed E-state index contributed by atoms with van der Waals surface area (Å²) in [6.07, 6.45) is 5.59. The molecule has 6 heteroatoms. The highest BCUT2D eigenvalue weighted by Gasteiger charge is 2.37. The quantitative estimate of drug-likeness (QED) is 0.300. The minimum Gasteiger partial charge on any atom is -0.494 e. The second-order valence-corrected chi connectivity index (χ2v) is 8.07. The van der Waals surface area contributed by atoms with Crippen molar-refractivity contribution < 1.29 is 29.3 Å². The van der Waals surface area contributed by atoms with Crippen LogP contribution in [0, 0.1) is 5.41 Å². The Bertz CT molecular complexity index is 745. The molecule has 2 rings (SSSR count). The molecule has 0 unspecified atom stereocenters. The van der Waals surface area contributed by atoms with E-state index in [9.17, 15) is 14.7 Å². The minimum absolute atomic E-state index is 0.187. The molecule has 2 aromatic carbocycles. The summed E-state index contributed by atoms with van der Waals surface area (Å²) in [4.78, 5) is 23.0. The fraction of sp³-hybridized carbons (Fsp3) is 0.462. The number of ether oxygens (including phenoxy) is 2. The molecule has 2 aromatic rings. The maximum Gasteiger partial charge on any atom is 0.309 e. The molecule has 0 aliphatic rings. The minimum atomic E-state index is -0.926. The summed E-state index contributed by atoms with van der Waals surface area (Å²) in [6.45, 7) is 0.639. The molecule has 0 atom stereocenters. The fourth-order valence-electron chi connectivity index (χ4n) is 3.73. The predicted octanol–water partition coefficient (Wildman–Crippen LogP) is 5.81. The fourth-order valence-corrected chi connectivity index (χ4v) is 3.73. The van der Waals surface area contributed by atoms with Crippen LogP contribution in [0.5, 0.6) is 11.5 Å². The van der Waals surface area contributed by atoms with Crippen LogP contribution in [0.25, 0.3) is 0 Å². The molecule has 0 radical (unpaired) electrons. The first-order valence-electron chi connectivity index (χ1n) is 11.3. The summed E-state index contributed by atoms with van der Waals surface area (Å²) >= 11 is 0. The van der Waals surface area contributed by atoms with Crippen molar-refractivity contribution in [3.63, 3.8) is 0 Å². The smallest absolute Gasteiger partial charge is 0.309 e. The molecule has 0 heterocycles. The van der Waals surface area contributed by atoms with Gasteiger partial charge in [-0.05, 0) is 49.9 Å². The molecule has 0 aromatic heterocycles. The van der Waals surface area contributed by atoms with E-state index < -0.39 is 17.4 Å². The van der Waals surface area contributed by atoms with Crippen LogP contribution in [0.1, 0.15) is 57.8 Å². The van der Waals surface area contributed by atoms with Crippen LogP contribution in [-0.4, -0.2) is 35.4 Å². The zero-order chi connectivity index (χ0) is 23.1. The van der Waals surface area contributed by atoms with E-state index in [0.29, 0.717) is 38.9 Å². The average molecular weight is 443 g/mol. The van der Waals surface area contributed by atoms with E-state index in [2.05, 4.69) is 0 Å². The van der Waals surface area contributed by atoms with Crippen LogP contribution in [0.2, 0.25) is 0 Å². The van der Waals surface area contributed by atoms with Crippen molar-refractivity contribution in [2.75, 3.05) is 13.2 Å². The summed E-state index contributed by atoms with van der Waals surface area (Å²) in [5.74, 6) is -0.139. The lowest BCUT2D eigenvalue weighted by atomic mass is 9.77. The summed E-state index contributed by atoms with van der Waals surface area (Å²) in [5, 5.41) is 18.9. The molecule has 2 N–H and O–H groups in total. The first-order valence-corrected chi connectivity index (χ1v) is 11.3. The Morgan fingerprint density at radius 1 is 0.656 bits per heavy atom. The molecular formula is C26H34O6. The molecule has 0 amide bonds. The van der Waals surface area contributed by atoms with E-state index >= 15 is 0 Å². The van der Waals surface area contributed by atoms with Gasteiger partial charge in [-0.1, -0.05) is 62.1 Å². The van der Waals surface area contributed by atoms with Gasteiger partial charge in [0.05, 0.1) is 18.6 Å². The lowest BCUT2D eigenvalue weighted by Gasteiger charge is -2.29. The van der Waals surface area contributed by atoms with Crippen molar-refractivity contribution in [2.24, 2.45) is 5.41 Å². The molecule has 0 saturated carbocycles. The van der Waals surface area contributed by atoms with Gasteiger partial charge in [0.2, 0.25) is 0 Å². The molecule has 0 spiro atoms. The van der Waals surface area contributed by atoms with Crippen LogP contribution < -0.4 is 9.47 Å². The Labute approximate surface area is 190 Å². The standard InChI is InChI=1S/C26H34O6/c27-24(28)16-10-2-1-3-11-17-26(25(29)30,18-20-31-22-12-6-4-7-13-22)19-21-32-23-14-8-5-9-15-23/h4-9,12-15H,1-3,10-11,16-21H2,(H,27,28)(H,29,30). The Kier molecular flexibility index (Phi) is 11.1. The van der Waals surface area contributed by atoms with Gasteiger partial charge in [-0.25, -0.2) is 0 Å². The molecular weight excluding hydrogens is 408 g/mol. The lowest BCUT2D eigenvalue weighted by Crippen LogP contribution is -2.35. The van der Waals surface area contributed by atoms with Gasteiger partial charge in [0.1, 0.15) is 11.5 Å². The van der Waals surface area contributed by atoms with Gasteiger partial charge in [-0.3, -0.25) is 9.59 Å². The topological polar surface area (TPSA) is 93.1 Å². The maximum atomic E-state index is 12.4. The second kappa shape index (κ2) is 14.1. The van der Waals surface area contributed by atoms with Crippen molar-refractivity contribution in [3.05, 3.63) is 60.7 Å². The van der Waals surface area contributed by atoms with Crippen molar-refractivity contribution >= 4 is 11.9 Å².